The number of aromatic nitrogens is 2. The summed E-state index contributed by atoms with van der Waals surface area (Å²) in [6, 6.07) is 3.65. The second-order valence-electron chi connectivity index (χ2n) is 2.62. The number of hydrogen-bond donors (Lipinski definition) is 0. The smallest absolute Gasteiger partial charge is 0.152 e. The summed E-state index contributed by atoms with van der Waals surface area (Å²) in [5.41, 5.74) is 1.57. The molecule has 0 aromatic carbocycles. The van der Waals surface area contributed by atoms with Crippen molar-refractivity contribution >= 4 is 11.6 Å². The van der Waals surface area contributed by atoms with E-state index in [9.17, 15) is 0 Å². The van der Waals surface area contributed by atoms with Gasteiger partial charge in [0, 0.05) is 5.56 Å². The highest BCUT2D eigenvalue weighted by Gasteiger charge is 2.08. The Morgan fingerprint density at radius 1 is 1.38 bits per heavy atom. The molecule has 0 N–H and O–H groups in total. The summed E-state index contributed by atoms with van der Waals surface area (Å²) in [4.78, 5) is 7.95. The number of nitrogens with zero attached hydrogens (tertiary/aromatic N) is 2. The summed E-state index contributed by atoms with van der Waals surface area (Å²) in [5.74, 6) is 0.710. The quantitative estimate of drug-likeness (QED) is 0.656. The molecule has 0 atom stereocenters. The summed E-state index contributed by atoms with van der Waals surface area (Å²) in [7, 11) is 0. The average molecular weight is 195 g/mol. The number of furan rings is 1. The van der Waals surface area contributed by atoms with Crippen LogP contribution in [-0.4, -0.2) is 9.97 Å². The fraction of sp³-hybridized carbons (Fsp3) is 0.111. The van der Waals surface area contributed by atoms with E-state index < -0.39 is 0 Å². The van der Waals surface area contributed by atoms with Gasteiger partial charge in [-0.05, 0) is 19.1 Å². The third kappa shape index (κ3) is 1.42. The van der Waals surface area contributed by atoms with Crippen molar-refractivity contribution in [3.63, 3.8) is 0 Å². The third-order valence-corrected chi connectivity index (χ3v) is 2.16. The molecule has 0 saturated carbocycles. The first-order valence-corrected chi connectivity index (χ1v) is 4.18. The van der Waals surface area contributed by atoms with Crippen molar-refractivity contribution in [2.45, 2.75) is 6.92 Å². The van der Waals surface area contributed by atoms with E-state index in [1.165, 1.54) is 6.33 Å². The first kappa shape index (κ1) is 8.26. The van der Waals surface area contributed by atoms with Crippen LogP contribution in [0.25, 0.3) is 11.5 Å². The van der Waals surface area contributed by atoms with Crippen molar-refractivity contribution in [3.05, 3.63) is 35.4 Å². The van der Waals surface area contributed by atoms with E-state index in [0.29, 0.717) is 10.9 Å². The summed E-state index contributed by atoms with van der Waals surface area (Å²) >= 11 is 5.84. The molecule has 2 heterocycles. The molecule has 0 aliphatic heterocycles. The molecule has 0 fully saturated rings. The van der Waals surface area contributed by atoms with Gasteiger partial charge >= 0.3 is 0 Å². The minimum absolute atomic E-state index is 0.460. The fourth-order valence-corrected chi connectivity index (χ4v) is 1.22. The number of rotatable bonds is 1. The van der Waals surface area contributed by atoms with Crippen molar-refractivity contribution in [1.82, 2.24) is 9.97 Å². The van der Waals surface area contributed by atoms with Crippen LogP contribution in [0.2, 0.25) is 5.15 Å². The zero-order valence-corrected chi connectivity index (χ0v) is 7.75. The summed E-state index contributed by atoms with van der Waals surface area (Å²) in [5, 5.41) is 0.460. The highest BCUT2D eigenvalue weighted by Crippen LogP contribution is 2.24. The van der Waals surface area contributed by atoms with E-state index in [4.69, 9.17) is 16.0 Å². The Balaban J connectivity index is 2.59. The van der Waals surface area contributed by atoms with Gasteiger partial charge in [-0.25, -0.2) is 9.97 Å². The largest absolute Gasteiger partial charge is 0.463 e. The van der Waals surface area contributed by atoms with E-state index in [2.05, 4.69) is 9.97 Å². The Labute approximate surface area is 80.4 Å². The Morgan fingerprint density at radius 3 is 2.92 bits per heavy atom. The second kappa shape index (κ2) is 3.18. The van der Waals surface area contributed by atoms with E-state index in [-0.39, 0.29) is 0 Å². The van der Waals surface area contributed by atoms with E-state index in [1.54, 1.807) is 6.26 Å². The van der Waals surface area contributed by atoms with Gasteiger partial charge in [0.25, 0.3) is 0 Å². The predicted molar refractivity (Wildman–Crippen MR) is 49.5 cm³/mol. The lowest BCUT2D eigenvalue weighted by atomic mass is 10.2. The molecule has 0 bridgehead atoms. The van der Waals surface area contributed by atoms with Gasteiger partial charge in [0.1, 0.15) is 17.2 Å². The Morgan fingerprint density at radius 2 is 2.23 bits per heavy atom. The molecular formula is C9H7ClN2O. The Bertz CT molecular complexity index is 412. The van der Waals surface area contributed by atoms with Crippen LogP contribution in [0.3, 0.4) is 0 Å². The molecule has 66 valence electrons. The SMILES string of the molecule is Cc1c(Cl)ncnc1-c1ccco1. The van der Waals surface area contributed by atoms with Crippen molar-refractivity contribution in [3.8, 4) is 11.5 Å². The fourth-order valence-electron chi connectivity index (χ4n) is 1.09. The van der Waals surface area contributed by atoms with Crippen LogP contribution in [0.1, 0.15) is 5.56 Å². The molecule has 0 aliphatic rings. The zero-order valence-electron chi connectivity index (χ0n) is 6.99. The van der Waals surface area contributed by atoms with Crippen molar-refractivity contribution in [2.24, 2.45) is 0 Å². The molecule has 0 spiro atoms. The summed E-state index contributed by atoms with van der Waals surface area (Å²) in [6.45, 7) is 1.86. The van der Waals surface area contributed by atoms with Gasteiger partial charge in [0.15, 0.2) is 5.76 Å². The van der Waals surface area contributed by atoms with Crippen LogP contribution in [0.15, 0.2) is 29.1 Å². The van der Waals surface area contributed by atoms with Crippen LogP contribution in [0.4, 0.5) is 0 Å². The van der Waals surface area contributed by atoms with Crippen LogP contribution in [0.5, 0.6) is 0 Å². The first-order chi connectivity index (χ1) is 6.29. The lowest BCUT2D eigenvalue weighted by Gasteiger charge is -2.01. The highest BCUT2D eigenvalue weighted by atomic mass is 35.5. The first-order valence-electron chi connectivity index (χ1n) is 3.80. The molecule has 3 nitrogen and oxygen atoms in total. The Kier molecular flexibility index (Phi) is 2.02. The standard InChI is InChI=1S/C9H7ClN2O/c1-6-8(7-3-2-4-13-7)11-5-12-9(6)10/h2-5H,1H3. The molecule has 4 heteroatoms. The monoisotopic (exact) mass is 194 g/mol. The third-order valence-electron chi connectivity index (χ3n) is 1.78. The van der Waals surface area contributed by atoms with E-state index >= 15 is 0 Å². The molecule has 2 aromatic heterocycles. The van der Waals surface area contributed by atoms with Gasteiger partial charge in [-0.1, -0.05) is 11.6 Å². The summed E-state index contributed by atoms with van der Waals surface area (Å²) in [6.07, 6.45) is 3.03. The van der Waals surface area contributed by atoms with Crippen molar-refractivity contribution in [2.75, 3.05) is 0 Å². The maximum Gasteiger partial charge on any atom is 0.152 e. The van der Waals surface area contributed by atoms with E-state index in [0.717, 1.165) is 11.3 Å². The second-order valence-corrected chi connectivity index (χ2v) is 2.97. The predicted octanol–water partition coefficient (Wildman–Crippen LogP) is 2.70. The van der Waals surface area contributed by atoms with E-state index in [1.807, 2.05) is 19.1 Å². The van der Waals surface area contributed by atoms with Crippen molar-refractivity contribution < 1.29 is 4.42 Å². The van der Waals surface area contributed by atoms with Crippen molar-refractivity contribution in [1.29, 1.82) is 0 Å². The van der Waals surface area contributed by atoms with Crippen LogP contribution < -0.4 is 0 Å². The highest BCUT2D eigenvalue weighted by molar-refractivity contribution is 6.30. The van der Waals surface area contributed by atoms with Gasteiger partial charge < -0.3 is 4.42 Å². The molecule has 13 heavy (non-hydrogen) atoms. The molecule has 0 radical (unpaired) electrons. The molecular weight excluding hydrogens is 188 g/mol. The zero-order chi connectivity index (χ0) is 9.26. The topological polar surface area (TPSA) is 38.9 Å². The lowest BCUT2D eigenvalue weighted by Crippen LogP contribution is -1.89. The molecule has 2 aromatic rings. The van der Waals surface area contributed by atoms with Gasteiger partial charge in [0.2, 0.25) is 0 Å². The molecule has 0 unspecified atom stereocenters. The molecule has 0 amide bonds. The van der Waals surface area contributed by atoms with Gasteiger partial charge in [-0.15, -0.1) is 0 Å². The number of hydrogen-bond acceptors (Lipinski definition) is 3. The molecule has 0 saturated heterocycles. The normalized spacial score (nSPS) is 10.3. The van der Waals surface area contributed by atoms with Crippen LogP contribution in [0, 0.1) is 6.92 Å². The number of halogens is 1. The molecule has 2 rings (SSSR count). The van der Waals surface area contributed by atoms with Gasteiger partial charge in [0.05, 0.1) is 6.26 Å². The average Bonchev–Trinajstić information content (AvgIpc) is 2.62. The lowest BCUT2D eigenvalue weighted by molar-refractivity contribution is 0.579. The van der Waals surface area contributed by atoms with Crippen LogP contribution in [-0.2, 0) is 0 Å². The minimum atomic E-state index is 0.460. The summed E-state index contributed by atoms with van der Waals surface area (Å²) < 4.78 is 5.21. The van der Waals surface area contributed by atoms with Gasteiger partial charge in [-0.3, -0.25) is 0 Å². The maximum atomic E-state index is 5.84. The van der Waals surface area contributed by atoms with Crippen LogP contribution >= 0.6 is 11.6 Å². The van der Waals surface area contributed by atoms with Gasteiger partial charge in [-0.2, -0.15) is 0 Å². The minimum Gasteiger partial charge on any atom is -0.463 e. The molecule has 0 aliphatic carbocycles. The maximum absolute atomic E-state index is 5.84. The Hall–Kier alpha value is -1.35.